The van der Waals surface area contributed by atoms with Crippen molar-refractivity contribution < 1.29 is 4.74 Å². The lowest BCUT2D eigenvalue weighted by Gasteiger charge is -2.11. The topological polar surface area (TPSA) is 58.5 Å². The highest BCUT2D eigenvalue weighted by Crippen LogP contribution is 2.29. The van der Waals surface area contributed by atoms with Crippen molar-refractivity contribution in [3.05, 3.63) is 23.9 Å². The minimum absolute atomic E-state index is 0. The zero-order chi connectivity index (χ0) is 14.2. The smallest absolute Gasteiger partial charge is 0.213 e. The van der Waals surface area contributed by atoms with Gasteiger partial charge in [-0.3, -0.25) is 4.99 Å². The zero-order valence-corrected chi connectivity index (χ0v) is 15.1. The van der Waals surface area contributed by atoms with E-state index in [9.17, 15) is 0 Å². The fourth-order valence-corrected chi connectivity index (χ4v) is 1.78. The Bertz CT molecular complexity index is 449. The maximum absolute atomic E-state index is 5.68. The van der Waals surface area contributed by atoms with Crippen LogP contribution in [0.4, 0.5) is 0 Å². The second-order valence-electron chi connectivity index (χ2n) is 5.11. The second-order valence-corrected chi connectivity index (χ2v) is 5.11. The molecule has 1 heterocycles. The second kappa shape index (κ2) is 9.81. The lowest BCUT2D eigenvalue weighted by atomic mass is 10.2. The molecule has 2 N–H and O–H groups in total. The summed E-state index contributed by atoms with van der Waals surface area (Å²) in [6.45, 7) is 4.56. The van der Waals surface area contributed by atoms with Gasteiger partial charge in [0.25, 0.3) is 0 Å². The van der Waals surface area contributed by atoms with Crippen LogP contribution in [0.1, 0.15) is 31.7 Å². The molecule has 5 nitrogen and oxygen atoms in total. The fraction of sp³-hybridized carbons (Fsp3) is 0.600. The Balaban J connectivity index is 0.00000220. The Morgan fingerprint density at radius 1 is 1.43 bits per heavy atom. The standard InChI is InChI=1S/C15H24N4O.HI/c1-3-7-18-15(16-2)19-10-13-6-8-17-14(9-13)20-11-12-4-5-12;/h6,8-9,12H,3-5,7,10-11H2,1-2H3,(H2,16,18,19);1H. The Labute approximate surface area is 144 Å². The Hall–Kier alpha value is -1.05. The molecule has 0 saturated heterocycles. The number of hydrogen-bond donors (Lipinski definition) is 2. The predicted molar refractivity (Wildman–Crippen MR) is 96.4 cm³/mol. The van der Waals surface area contributed by atoms with Gasteiger partial charge in [0, 0.05) is 32.4 Å². The van der Waals surface area contributed by atoms with Crippen LogP contribution in [0.25, 0.3) is 0 Å². The third-order valence-corrected chi connectivity index (χ3v) is 3.19. The summed E-state index contributed by atoms with van der Waals surface area (Å²) in [7, 11) is 1.78. The van der Waals surface area contributed by atoms with Crippen molar-refractivity contribution in [1.29, 1.82) is 0 Å². The van der Waals surface area contributed by atoms with Gasteiger partial charge in [-0.05, 0) is 36.8 Å². The van der Waals surface area contributed by atoms with Gasteiger partial charge in [0.05, 0.1) is 6.61 Å². The molecule has 2 rings (SSSR count). The lowest BCUT2D eigenvalue weighted by Crippen LogP contribution is -2.37. The van der Waals surface area contributed by atoms with E-state index in [1.54, 1.807) is 13.2 Å². The summed E-state index contributed by atoms with van der Waals surface area (Å²) < 4.78 is 5.68. The van der Waals surface area contributed by atoms with Crippen molar-refractivity contribution in [2.24, 2.45) is 10.9 Å². The van der Waals surface area contributed by atoms with Gasteiger partial charge < -0.3 is 15.4 Å². The summed E-state index contributed by atoms with van der Waals surface area (Å²) in [6.07, 6.45) is 5.46. The highest BCUT2D eigenvalue weighted by Gasteiger charge is 2.22. The van der Waals surface area contributed by atoms with E-state index >= 15 is 0 Å². The highest BCUT2D eigenvalue weighted by atomic mass is 127. The number of pyridine rings is 1. The molecular formula is C15H25IN4O. The molecule has 1 saturated carbocycles. The van der Waals surface area contributed by atoms with Gasteiger partial charge in [-0.1, -0.05) is 6.92 Å². The van der Waals surface area contributed by atoms with E-state index in [2.05, 4.69) is 27.5 Å². The molecule has 1 fully saturated rings. The molecule has 6 heteroatoms. The molecule has 1 aromatic rings. The minimum atomic E-state index is 0. The van der Waals surface area contributed by atoms with Crippen molar-refractivity contribution >= 4 is 29.9 Å². The molecule has 118 valence electrons. The van der Waals surface area contributed by atoms with E-state index < -0.39 is 0 Å². The van der Waals surface area contributed by atoms with Crippen LogP contribution in [0, 0.1) is 5.92 Å². The van der Waals surface area contributed by atoms with E-state index in [0.717, 1.165) is 37.0 Å². The molecule has 0 radical (unpaired) electrons. The lowest BCUT2D eigenvalue weighted by molar-refractivity contribution is 0.288. The summed E-state index contributed by atoms with van der Waals surface area (Å²) in [5.41, 5.74) is 1.14. The number of halogens is 1. The third-order valence-electron chi connectivity index (χ3n) is 3.19. The molecule has 1 aromatic heterocycles. The Morgan fingerprint density at radius 3 is 2.90 bits per heavy atom. The van der Waals surface area contributed by atoms with E-state index in [0.29, 0.717) is 12.4 Å². The minimum Gasteiger partial charge on any atom is -0.477 e. The highest BCUT2D eigenvalue weighted by molar-refractivity contribution is 14.0. The van der Waals surface area contributed by atoms with E-state index in [-0.39, 0.29) is 24.0 Å². The monoisotopic (exact) mass is 404 g/mol. The van der Waals surface area contributed by atoms with Gasteiger partial charge in [-0.2, -0.15) is 0 Å². The van der Waals surface area contributed by atoms with E-state index in [4.69, 9.17) is 4.74 Å². The average molecular weight is 404 g/mol. The molecule has 0 bridgehead atoms. The zero-order valence-electron chi connectivity index (χ0n) is 12.8. The number of nitrogens with one attached hydrogen (secondary N) is 2. The summed E-state index contributed by atoms with van der Waals surface area (Å²) in [5, 5.41) is 6.52. The summed E-state index contributed by atoms with van der Waals surface area (Å²) >= 11 is 0. The molecule has 0 amide bonds. The van der Waals surface area contributed by atoms with Gasteiger partial charge in [0.1, 0.15) is 0 Å². The number of aliphatic imine (C=N–C) groups is 1. The van der Waals surface area contributed by atoms with E-state index in [1.165, 1.54) is 12.8 Å². The van der Waals surface area contributed by atoms with Gasteiger partial charge in [0.2, 0.25) is 5.88 Å². The largest absolute Gasteiger partial charge is 0.477 e. The molecular weight excluding hydrogens is 379 g/mol. The molecule has 0 aliphatic heterocycles. The van der Waals surface area contributed by atoms with Gasteiger partial charge in [-0.25, -0.2) is 4.98 Å². The molecule has 1 aliphatic carbocycles. The van der Waals surface area contributed by atoms with Crippen LogP contribution in [-0.4, -0.2) is 31.1 Å². The fourth-order valence-electron chi connectivity index (χ4n) is 1.78. The SMILES string of the molecule is CCCNC(=NC)NCc1ccnc(OCC2CC2)c1.I. The maximum Gasteiger partial charge on any atom is 0.213 e. The van der Waals surface area contributed by atoms with Crippen LogP contribution in [0.2, 0.25) is 0 Å². The number of rotatable bonds is 7. The van der Waals surface area contributed by atoms with Crippen molar-refractivity contribution in [3.8, 4) is 5.88 Å². The average Bonchev–Trinajstić information content (AvgIpc) is 3.30. The van der Waals surface area contributed by atoms with Gasteiger partial charge in [0.15, 0.2) is 5.96 Å². The van der Waals surface area contributed by atoms with Crippen molar-refractivity contribution in [2.45, 2.75) is 32.7 Å². The Morgan fingerprint density at radius 2 is 2.24 bits per heavy atom. The van der Waals surface area contributed by atoms with Crippen LogP contribution in [0.3, 0.4) is 0 Å². The summed E-state index contributed by atoms with van der Waals surface area (Å²) in [4.78, 5) is 8.42. The number of guanidine groups is 1. The Kier molecular flexibility index (Phi) is 8.41. The van der Waals surface area contributed by atoms with Crippen molar-refractivity contribution in [2.75, 3.05) is 20.2 Å². The normalized spacial score (nSPS) is 14.3. The van der Waals surface area contributed by atoms with Crippen LogP contribution in [0.5, 0.6) is 5.88 Å². The van der Waals surface area contributed by atoms with Crippen molar-refractivity contribution in [1.82, 2.24) is 15.6 Å². The quantitative estimate of drug-likeness (QED) is 0.417. The predicted octanol–water partition coefficient (Wildman–Crippen LogP) is 2.56. The first-order valence-corrected chi connectivity index (χ1v) is 7.34. The van der Waals surface area contributed by atoms with Gasteiger partial charge >= 0.3 is 0 Å². The van der Waals surface area contributed by atoms with Crippen LogP contribution >= 0.6 is 24.0 Å². The molecule has 0 aromatic carbocycles. The van der Waals surface area contributed by atoms with Crippen LogP contribution in [0.15, 0.2) is 23.3 Å². The van der Waals surface area contributed by atoms with E-state index in [1.807, 2.05) is 12.1 Å². The first kappa shape index (κ1) is 18.0. The summed E-state index contributed by atoms with van der Waals surface area (Å²) in [6, 6.07) is 3.98. The third kappa shape index (κ3) is 6.97. The molecule has 0 atom stereocenters. The number of aromatic nitrogens is 1. The van der Waals surface area contributed by atoms with Crippen molar-refractivity contribution in [3.63, 3.8) is 0 Å². The molecule has 21 heavy (non-hydrogen) atoms. The van der Waals surface area contributed by atoms with Crippen LogP contribution in [-0.2, 0) is 6.54 Å². The summed E-state index contributed by atoms with van der Waals surface area (Å²) in [5.74, 6) is 2.28. The van der Waals surface area contributed by atoms with Crippen LogP contribution < -0.4 is 15.4 Å². The number of hydrogen-bond acceptors (Lipinski definition) is 3. The van der Waals surface area contributed by atoms with Gasteiger partial charge in [-0.15, -0.1) is 24.0 Å². The molecule has 1 aliphatic rings. The number of ether oxygens (including phenoxy) is 1. The molecule has 0 spiro atoms. The first-order valence-electron chi connectivity index (χ1n) is 7.34. The first-order chi connectivity index (χ1) is 9.81. The number of nitrogens with zero attached hydrogens (tertiary/aromatic N) is 2. The maximum atomic E-state index is 5.68. The molecule has 0 unspecified atom stereocenters.